The van der Waals surface area contributed by atoms with Gasteiger partial charge in [-0.1, -0.05) is 18.2 Å². The smallest absolute Gasteiger partial charge is 0.337 e. The molecule has 0 aliphatic carbocycles. The maximum atomic E-state index is 13.0. The van der Waals surface area contributed by atoms with Crippen LogP contribution in [0.4, 0.5) is 0 Å². The summed E-state index contributed by atoms with van der Waals surface area (Å²) in [4.78, 5) is 27.0. The fraction of sp³-hybridized carbons (Fsp3) is 0.355. The molecule has 1 saturated heterocycles. The lowest BCUT2D eigenvalue weighted by molar-refractivity contribution is -0.122. The molecule has 38 heavy (non-hydrogen) atoms. The van der Waals surface area contributed by atoms with Crippen LogP contribution in [0.15, 0.2) is 60.7 Å². The molecule has 0 unspecified atom stereocenters. The molecular weight excluding hydrogens is 480 g/mol. The Hall–Kier alpha value is -3.84. The van der Waals surface area contributed by atoms with Gasteiger partial charge >= 0.3 is 5.97 Å². The number of esters is 1. The summed E-state index contributed by atoms with van der Waals surface area (Å²) in [6.45, 7) is 5.59. The summed E-state index contributed by atoms with van der Waals surface area (Å²) in [5, 5.41) is 12.9. The van der Waals surface area contributed by atoms with Crippen molar-refractivity contribution in [2.75, 3.05) is 20.8 Å². The first-order chi connectivity index (χ1) is 18.3. The van der Waals surface area contributed by atoms with Crippen LogP contribution in [0.2, 0.25) is 0 Å². The van der Waals surface area contributed by atoms with E-state index in [-0.39, 0.29) is 29.7 Å². The van der Waals surface area contributed by atoms with Crippen molar-refractivity contribution in [3.63, 3.8) is 0 Å². The van der Waals surface area contributed by atoms with Crippen molar-refractivity contribution in [3.8, 4) is 22.6 Å². The molecule has 3 aromatic carbocycles. The van der Waals surface area contributed by atoms with Crippen LogP contribution in [0.3, 0.4) is 0 Å². The number of nitrogens with one attached hydrogen (secondary N) is 1. The molecule has 0 aromatic heterocycles. The van der Waals surface area contributed by atoms with Gasteiger partial charge in [0.2, 0.25) is 5.91 Å². The summed E-state index contributed by atoms with van der Waals surface area (Å²) < 4.78 is 10.3. The Balaban J connectivity index is 1.41. The third-order valence-electron chi connectivity index (χ3n) is 7.24. The van der Waals surface area contributed by atoms with Crippen molar-refractivity contribution in [2.45, 2.75) is 51.7 Å². The zero-order chi connectivity index (χ0) is 27.2. The lowest BCUT2D eigenvalue weighted by Gasteiger charge is -2.25. The number of rotatable bonds is 9. The van der Waals surface area contributed by atoms with E-state index in [4.69, 9.17) is 9.47 Å². The number of likely N-dealkylation sites (tertiary alicyclic amines) is 1. The van der Waals surface area contributed by atoms with Gasteiger partial charge in [0.25, 0.3) is 0 Å². The van der Waals surface area contributed by atoms with E-state index in [1.165, 1.54) is 7.11 Å². The van der Waals surface area contributed by atoms with Crippen LogP contribution in [0.1, 0.15) is 59.3 Å². The van der Waals surface area contributed by atoms with Gasteiger partial charge in [0, 0.05) is 19.0 Å². The highest BCUT2D eigenvalue weighted by atomic mass is 16.5. The first-order valence-corrected chi connectivity index (χ1v) is 13.0. The van der Waals surface area contributed by atoms with Gasteiger partial charge in [-0.05, 0) is 104 Å². The van der Waals surface area contributed by atoms with Crippen molar-refractivity contribution in [3.05, 3.63) is 82.9 Å². The molecule has 2 N–H and O–H groups in total. The van der Waals surface area contributed by atoms with Crippen LogP contribution in [0.25, 0.3) is 11.1 Å². The predicted molar refractivity (Wildman–Crippen MR) is 147 cm³/mol. The number of carbonyl (C=O) groups is 2. The van der Waals surface area contributed by atoms with E-state index >= 15 is 0 Å². The summed E-state index contributed by atoms with van der Waals surface area (Å²) in [6, 6.07) is 18.7. The van der Waals surface area contributed by atoms with Crippen LogP contribution >= 0.6 is 0 Å². The molecular formula is C31H36N2O5. The topological polar surface area (TPSA) is 88.1 Å². The van der Waals surface area contributed by atoms with Gasteiger partial charge in [0.05, 0.1) is 25.8 Å². The molecule has 3 aromatic rings. The lowest BCUT2D eigenvalue weighted by atomic mass is 9.98. The van der Waals surface area contributed by atoms with E-state index < -0.39 is 0 Å². The fourth-order valence-corrected chi connectivity index (χ4v) is 5.19. The Labute approximate surface area is 224 Å². The maximum absolute atomic E-state index is 13.0. The van der Waals surface area contributed by atoms with Crippen LogP contribution < -0.4 is 10.1 Å². The Kier molecular flexibility index (Phi) is 8.69. The standard InChI is InChI=1S/C31H36N2O5/c1-20-14-27(34)11-12-29(20)25-15-22(16-28(17-25)37-3)19-33-13-5-6-26(33)18-30(35)32-21(2)23-7-9-24(10-8-23)31(36)38-4/h7-12,14-17,21,26,34H,5-6,13,18-19H2,1-4H3,(H,32,35)/t21-,26+/m0/s1. The zero-order valence-electron chi connectivity index (χ0n) is 22.5. The second kappa shape index (κ2) is 12.1. The van der Waals surface area contributed by atoms with Crippen molar-refractivity contribution < 1.29 is 24.2 Å². The molecule has 0 bridgehead atoms. The second-order valence-electron chi connectivity index (χ2n) is 9.94. The van der Waals surface area contributed by atoms with E-state index in [0.717, 1.165) is 59.5 Å². The number of phenolic OH excluding ortho intramolecular Hbond substituents is 1. The van der Waals surface area contributed by atoms with Crippen LogP contribution in [-0.4, -0.2) is 48.7 Å². The Morgan fingerprint density at radius 3 is 2.53 bits per heavy atom. The van der Waals surface area contributed by atoms with Crippen molar-refractivity contribution in [1.29, 1.82) is 0 Å². The van der Waals surface area contributed by atoms with Gasteiger partial charge in [-0.3, -0.25) is 9.69 Å². The normalized spacial score (nSPS) is 16.2. The number of aryl methyl sites for hydroxylation is 1. The fourth-order valence-electron chi connectivity index (χ4n) is 5.19. The van der Waals surface area contributed by atoms with E-state index in [0.29, 0.717) is 12.0 Å². The predicted octanol–water partition coefficient (Wildman–Crippen LogP) is 5.39. The van der Waals surface area contributed by atoms with Gasteiger partial charge in [-0.2, -0.15) is 0 Å². The minimum atomic E-state index is -0.379. The number of aromatic hydroxyl groups is 1. The number of ether oxygens (including phenoxy) is 2. The molecule has 1 aliphatic heterocycles. The van der Waals surface area contributed by atoms with E-state index in [1.807, 2.05) is 38.1 Å². The maximum Gasteiger partial charge on any atom is 0.337 e. The molecule has 200 valence electrons. The number of hydrogen-bond acceptors (Lipinski definition) is 6. The molecule has 2 atom stereocenters. The zero-order valence-corrected chi connectivity index (χ0v) is 22.5. The molecule has 1 amide bonds. The monoisotopic (exact) mass is 516 g/mol. The van der Waals surface area contributed by atoms with Crippen molar-refractivity contribution >= 4 is 11.9 Å². The SMILES string of the molecule is COC(=O)c1ccc([C@H](C)NC(=O)C[C@H]2CCCN2Cc2cc(OC)cc(-c3ccc(O)cc3C)c2)cc1. The summed E-state index contributed by atoms with van der Waals surface area (Å²) in [7, 11) is 3.02. The summed E-state index contributed by atoms with van der Waals surface area (Å²) >= 11 is 0. The number of carbonyl (C=O) groups excluding carboxylic acids is 2. The highest BCUT2D eigenvalue weighted by Crippen LogP contribution is 2.32. The molecule has 7 heteroatoms. The Morgan fingerprint density at radius 1 is 1.08 bits per heavy atom. The number of methoxy groups -OCH3 is 2. The van der Waals surface area contributed by atoms with Crippen molar-refractivity contribution in [2.24, 2.45) is 0 Å². The average molecular weight is 517 g/mol. The van der Waals surface area contributed by atoms with Crippen LogP contribution in [-0.2, 0) is 16.1 Å². The minimum Gasteiger partial charge on any atom is -0.508 e. The summed E-state index contributed by atoms with van der Waals surface area (Å²) in [5.74, 6) is 0.666. The van der Waals surface area contributed by atoms with Gasteiger partial charge in [0.1, 0.15) is 11.5 Å². The molecule has 4 rings (SSSR count). The quantitative estimate of drug-likeness (QED) is 0.371. The average Bonchev–Trinajstić information content (AvgIpc) is 3.33. The third-order valence-corrected chi connectivity index (χ3v) is 7.24. The minimum absolute atomic E-state index is 0.0116. The third kappa shape index (κ3) is 6.53. The number of nitrogens with zero attached hydrogens (tertiary/aromatic N) is 1. The highest BCUT2D eigenvalue weighted by Gasteiger charge is 2.27. The first-order valence-electron chi connectivity index (χ1n) is 13.0. The first kappa shape index (κ1) is 27.2. The number of benzene rings is 3. The largest absolute Gasteiger partial charge is 0.508 e. The van der Waals surface area contributed by atoms with E-state index in [1.54, 1.807) is 31.4 Å². The Morgan fingerprint density at radius 2 is 1.84 bits per heavy atom. The number of phenols is 1. The summed E-state index contributed by atoms with van der Waals surface area (Å²) in [6.07, 6.45) is 2.46. The molecule has 1 heterocycles. The molecule has 0 radical (unpaired) electrons. The van der Waals surface area contributed by atoms with Crippen LogP contribution in [0.5, 0.6) is 11.5 Å². The van der Waals surface area contributed by atoms with Gasteiger partial charge in [-0.15, -0.1) is 0 Å². The van der Waals surface area contributed by atoms with Gasteiger partial charge in [-0.25, -0.2) is 4.79 Å². The molecule has 1 aliphatic rings. The number of amides is 1. The second-order valence-corrected chi connectivity index (χ2v) is 9.94. The van der Waals surface area contributed by atoms with Gasteiger partial charge < -0.3 is 19.9 Å². The highest BCUT2D eigenvalue weighted by molar-refractivity contribution is 5.89. The van der Waals surface area contributed by atoms with E-state index in [9.17, 15) is 14.7 Å². The number of hydrogen-bond donors (Lipinski definition) is 2. The molecule has 7 nitrogen and oxygen atoms in total. The lowest BCUT2D eigenvalue weighted by Crippen LogP contribution is -2.36. The molecule has 0 saturated carbocycles. The van der Waals surface area contributed by atoms with Crippen LogP contribution in [0, 0.1) is 6.92 Å². The van der Waals surface area contributed by atoms with E-state index in [2.05, 4.69) is 22.3 Å². The molecule has 0 spiro atoms. The molecule has 1 fully saturated rings. The van der Waals surface area contributed by atoms with Gasteiger partial charge in [0.15, 0.2) is 0 Å². The Bertz CT molecular complexity index is 1290. The summed E-state index contributed by atoms with van der Waals surface area (Å²) in [5.41, 5.74) is 5.62. The van der Waals surface area contributed by atoms with Crippen molar-refractivity contribution in [1.82, 2.24) is 10.2 Å².